The van der Waals surface area contributed by atoms with Gasteiger partial charge >= 0.3 is 0 Å². The fourth-order valence-electron chi connectivity index (χ4n) is 4.59. The largest absolute Gasteiger partial charge is 0.330 e. The first-order valence-corrected chi connectivity index (χ1v) is 12.3. The molecule has 1 unspecified atom stereocenters. The molecule has 6 heteroatoms. The first-order chi connectivity index (χ1) is 15.5. The number of fused-ring (bicyclic) bond motifs is 1. The van der Waals surface area contributed by atoms with E-state index >= 15 is 0 Å². The maximum atomic E-state index is 13.7. The third-order valence-electron chi connectivity index (χ3n) is 6.43. The minimum absolute atomic E-state index is 0.0117. The van der Waals surface area contributed by atoms with Crippen LogP contribution in [0.2, 0.25) is 5.02 Å². The van der Waals surface area contributed by atoms with Crippen LogP contribution in [0.1, 0.15) is 50.8 Å². The van der Waals surface area contributed by atoms with Gasteiger partial charge in [0.25, 0.3) is 5.91 Å². The predicted molar refractivity (Wildman–Crippen MR) is 128 cm³/mol. The van der Waals surface area contributed by atoms with E-state index in [0.29, 0.717) is 17.1 Å². The molecule has 164 valence electrons. The van der Waals surface area contributed by atoms with Crippen LogP contribution in [0.4, 0.5) is 0 Å². The number of hydrogen-bond donors (Lipinski definition) is 0. The Morgan fingerprint density at radius 1 is 1.06 bits per heavy atom. The van der Waals surface area contributed by atoms with Gasteiger partial charge in [-0.25, -0.2) is 0 Å². The van der Waals surface area contributed by atoms with Crippen molar-refractivity contribution in [3.63, 3.8) is 0 Å². The Balaban J connectivity index is 1.45. The van der Waals surface area contributed by atoms with Crippen LogP contribution in [-0.4, -0.2) is 40.7 Å². The Kier molecular flexibility index (Phi) is 5.78. The maximum Gasteiger partial charge on any atom is 0.256 e. The predicted octanol–water partition coefficient (Wildman–Crippen LogP) is 5.49. The zero-order valence-corrected chi connectivity index (χ0v) is 19.5. The summed E-state index contributed by atoms with van der Waals surface area (Å²) in [6.45, 7) is 2.83. The molecule has 0 bridgehead atoms. The Hall–Kier alpha value is -2.63. The van der Waals surface area contributed by atoms with Gasteiger partial charge in [-0.1, -0.05) is 48.0 Å². The first-order valence-electron chi connectivity index (χ1n) is 11.0. The highest BCUT2D eigenvalue weighted by atomic mass is 35.5. The number of nitrogens with zero attached hydrogens (tertiary/aromatic N) is 2. The molecule has 1 fully saturated rings. The number of hydrogen-bond acceptors (Lipinski definition) is 3. The van der Waals surface area contributed by atoms with Crippen molar-refractivity contribution in [2.75, 3.05) is 13.1 Å². The molecule has 2 aromatic carbocycles. The molecule has 3 aromatic rings. The van der Waals surface area contributed by atoms with E-state index in [4.69, 9.17) is 11.6 Å². The lowest BCUT2D eigenvalue weighted by atomic mass is 9.90. The quantitative estimate of drug-likeness (QED) is 0.501. The topological polar surface area (TPSA) is 40.6 Å². The Morgan fingerprint density at radius 2 is 1.81 bits per heavy atom. The summed E-state index contributed by atoms with van der Waals surface area (Å²) in [6.07, 6.45) is 2.71. The van der Waals surface area contributed by atoms with E-state index in [1.54, 1.807) is 28.4 Å². The minimum Gasteiger partial charge on any atom is -0.330 e. The summed E-state index contributed by atoms with van der Waals surface area (Å²) < 4.78 is 0. The molecule has 1 atom stereocenters. The van der Waals surface area contributed by atoms with Gasteiger partial charge in [-0.2, -0.15) is 0 Å². The van der Waals surface area contributed by atoms with Gasteiger partial charge in [0.1, 0.15) is 6.54 Å². The van der Waals surface area contributed by atoms with Gasteiger partial charge in [-0.3, -0.25) is 9.59 Å². The van der Waals surface area contributed by atoms with E-state index in [0.717, 1.165) is 24.8 Å². The van der Waals surface area contributed by atoms with Crippen molar-refractivity contribution in [1.82, 2.24) is 9.80 Å². The van der Waals surface area contributed by atoms with Gasteiger partial charge in [-0.15, -0.1) is 11.3 Å². The van der Waals surface area contributed by atoms with Crippen LogP contribution in [0.25, 0.3) is 0 Å². The summed E-state index contributed by atoms with van der Waals surface area (Å²) >= 11 is 8.05. The number of amides is 2. The molecule has 0 spiro atoms. The average Bonchev–Trinajstić information content (AvgIpc) is 3.53. The molecule has 2 aliphatic rings. The summed E-state index contributed by atoms with van der Waals surface area (Å²) in [5, 5.41) is 2.54. The van der Waals surface area contributed by atoms with E-state index in [9.17, 15) is 9.59 Å². The highest BCUT2D eigenvalue weighted by Crippen LogP contribution is 2.39. The van der Waals surface area contributed by atoms with Crippen LogP contribution in [0.5, 0.6) is 0 Å². The third-order valence-corrected chi connectivity index (χ3v) is 7.75. The summed E-state index contributed by atoms with van der Waals surface area (Å²) in [7, 11) is 0. The van der Waals surface area contributed by atoms with Crippen LogP contribution < -0.4 is 0 Å². The lowest BCUT2D eigenvalue weighted by Crippen LogP contribution is -2.47. The maximum absolute atomic E-state index is 13.7. The van der Waals surface area contributed by atoms with E-state index in [2.05, 4.69) is 30.5 Å². The second-order valence-corrected chi connectivity index (χ2v) is 9.95. The molecule has 5 rings (SSSR count). The number of aryl methyl sites for hydroxylation is 1. The number of benzene rings is 2. The molecule has 0 radical (unpaired) electrons. The number of halogens is 1. The Labute approximate surface area is 197 Å². The van der Waals surface area contributed by atoms with E-state index < -0.39 is 0 Å². The summed E-state index contributed by atoms with van der Waals surface area (Å²) in [5.41, 5.74) is 3.98. The fourth-order valence-corrected chi connectivity index (χ4v) is 5.71. The van der Waals surface area contributed by atoms with Crippen LogP contribution >= 0.6 is 22.9 Å². The van der Waals surface area contributed by atoms with Gasteiger partial charge in [0.05, 0.1) is 16.6 Å². The van der Waals surface area contributed by atoms with E-state index in [-0.39, 0.29) is 30.4 Å². The SMILES string of the molecule is Cc1ccccc1C1c2ccsc2CCN1C(=O)CN(C(=O)c1ccccc1Cl)C1CC1. The van der Waals surface area contributed by atoms with Crippen molar-refractivity contribution >= 4 is 34.8 Å². The van der Waals surface area contributed by atoms with E-state index in [1.807, 2.05) is 29.2 Å². The highest BCUT2D eigenvalue weighted by Gasteiger charge is 2.39. The molecule has 4 nitrogen and oxygen atoms in total. The van der Waals surface area contributed by atoms with Gasteiger partial charge in [0.15, 0.2) is 0 Å². The zero-order chi connectivity index (χ0) is 22.2. The molecular weight excluding hydrogens is 440 g/mol. The second-order valence-electron chi connectivity index (χ2n) is 8.54. The van der Waals surface area contributed by atoms with Crippen molar-refractivity contribution in [2.24, 2.45) is 0 Å². The zero-order valence-electron chi connectivity index (χ0n) is 18.0. The van der Waals surface area contributed by atoms with Gasteiger partial charge in [-0.05, 0) is 66.5 Å². The van der Waals surface area contributed by atoms with Gasteiger partial charge in [0, 0.05) is 17.5 Å². The third kappa shape index (κ3) is 3.96. The monoisotopic (exact) mass is 464 g/mol. The number of carbonyl (C=O) groups excluding carboxylic acids is 2. The van der Waals surface area contributed by atoms with Crippen molar-refractivity contribution in [3.05, 3.63) is 92.1 Å². The first kappa shape index (κ1) is 21.2. The van der Waals surface area contributed by atoms with Crippen LogP contribution in [0, 0.1) is 6.92 Å². The number of thiophene rings is 1. The lowest BCUT2D eigenvalue weighted by Gasteiger charge is -2.38. The molecule has 0 saturated heterocycles. The van der Waals surface area contributed by atoms with Crippen LogP contribution in [-0.2, 0) is 11.2 Å². The average molecular weight is 465 g/mol. The fraction of sp³-hybridized carbons (Fsp3) is 0.308. The van der Waals surface area contributed by atoms with Gasteiger partial charge in [0.2, 0.25) is 5.91 Å². The van der Waals surface area contributed by atoms with Crippen LogP contribution in [0.15, 0.2) is 60.0 Å². The molecule has 1 aliphatic heterocycles. The molecule has 32 heavy (non-hydrogen) atoms. The highest BCUT2D eigenvalue weighted by molar-refractivity contribution is 7.10. The summed E-state index contributed by atoms with van der Waals surface area (Å²) in [5.74, 6) is -0.172. The minimum atomic E-state index is -0.160. The molecule has 2 amide bonds. The van der Waals surface area contributed by atoms with Crippen molar-refractivity contribution in [1.29, 1.82) is 0 Å². The number of carbonyl (C=O) groups is 2. The van der Waals surface area contributed by atoms with Crippen molar-refractivity contribution in [3.8, 4) is 0 Å². The van der Waals surface area contributed by atoms with E-state index in [1.165, 1.54) is 16.0 Å². The molecule has 0 N–H and O–H groups in total. The molecule has 1 aliphatic carbocycles. The molecule has 1 saturated carbocycles. The summed E-state index contributed by atoms with van der Waals surface area (Å²) in [6, 6.07) is 17.5. The standard InChI is InChI=1S/C26H25ClN2O2S/c1-17-6-2-3-7-19(17)25-21-13-15-32-23(21)12-14-28(25)24(30)16-29(18-10-11-18)26(31)20-8-4-5-9-22(20)27/h2-9,13,15,18,25H,10-12,14,16H2,1H3. The smallest absolute Gasteiger partial charge is 0.256 e. The van der Waals surface area contributed by atoms with Crippen LogP contribution in [0.3, 0.4) is 0 Å². The number of rotatable bonds is 5. The van der Waals surface area contributed by atoms with Gasteiger partial charge < -0.3 is 9.80 Å². The molecular formula is C26H25ClN2O2S. The van der Waals surface area contributed by atoms with Crippen molar-refractivity contribution in [2.45, 2.75) is 38.3 Å². The Morgan fingerprint density at radius 3 is 2.56 bits per heavy atom. The Bertz CT molecular complexity index is 1170. The normalized spacial score (nSPS) is 17.7. The lowest BCUT2D eigenvalue weighted by molar-refractivity contribution is -0.134. The second kappa shape index (κ2) is 8.72. The molecule has 1 aromatic heterocycles. The summed E-state index contributed by atoms with van der Waals surface area (Å²) in [4.78, 5) is 32.0. The molecule has 2 heterocycles. The van der Waals surface area contributed by atoms with Crippen molar-refractivity contribution < 1.29 is 9.59 Å².